The summed E-state index contributed by atoms with van der Waals surface area (Å²) in [5, 5.41) is 8.88. The SMILES string of the molecule is CCOC(=O)c1ccc(C#N)c(CCl)c1C. The maximum Gasteiger partial charge on any atom is 0.338 e. The molecule has 0 aliphatic rings. The van der Waals surface area contributed by atoms with Crippen LogP contribution in [0.15, 0.2) is 12.1 Å². The Balaban J connectivity index is 3.25. The second kappa shape index (κ2) is 5.53. The molecule has 1 aromatic rings. The van der Waals surface area contributed by atoms with Crippen molar-refractivity contribution in [2.75, 3.05) is 6.61 Å². The van der Waals surface area contributed by atoms with Gasteiger partial charge in [-0.1, -0.05) is 0 Å². The van der Waals surface area contributed by atoms with Crippen molar-refractivity contribution in [3.8, 4) is 6.07 Å². The molecule has 0 atom stereocenters. The highest BCUT2D eigenvalue weighted by Gasteiger charge is 2.15. The monoisotopic (exact) mass is 237 g/mol. The van der Waals surface area contributed by atoms with Crippen LogP contribution >= 0.6 is 11.6 Å². The summed E-state index contributed by atoms with van der Waals surface area (Å²) in [4.78, 5) is 11.6. The van der Waals surface area contributed by atoms with Crippen molar-refractivity contribution in [2.24, 2.45) is 0 Å². The molecular weight excluding hydrogens is 226 g/mol. The third kappa shape index (κ3) is 2.34. The second-order valence-corrected chi connectivity index (χ2v) is 3.50. The van der Waals surface area contributed by atoms with Gasteiger partial charge >= 0.3 is 5.97 Å². The van der Waals surface area contributed by atoms with E-state index in [9.17, 15) is 4.79 Å². The molecule has 4 heteroatoms. The molecular formula is C12H12ClNO2. The fraction of sp³-hybridized carbons (Fsp3) is 0.333. The van der Waals surface area contributed by atoms with Gasteiger partial charge in [0.15, 0.2) is 0 Å². The second-order valence-electron chi connectivity index (χ2n) is 3.23. The first-order chi connectivity index (χ1) is 7.65. The first-order valence-corrected chi connectivity index (χ1v) is 5.44. The summed E-state index contributed by atoms with van der Waals surface area (Å²) >= 11 is 5.77. The van der Waals surface area contributed by atoms with Crippen molar-refractivity contribution in [3.63, 3.8) is 0 Å². The zero-order valence-corrected chi connectivity index (χ0v) is 9.97. The van der Waals surface area contributed by atoms with Gasteiger partial charge in [0.05, 0.1) is 23.8 Å². The van der Waals surface area contributed by atoms with Crippen molar-refractivity contribution in [1.82, 2.24) is 0 Å². The molecule has 0 aliphatic heterocycles. The van der Waals surface area contributed by atoms with Crippen LogP contribution < -0.4 is 0 Å². The summed E-state index contributed by atoms with van der Waals surface area (Å²) in [5.41, 5.74) is 2.37. The standard InChI is InChI=1S/C12H12ClNO2/c1-3-16-12(15)10-5-4-9(7-14)11(6-13)8(10)2/h4-5H,3,6H2,1-2H3. The first kappa shape index (κ1) is 12.5. The molecule has 0 amide bonds. The average molecular weight is 238 g/mol. The lowest BCUT2D eigenvalue weighted by atomic mass is 9.98. The van der Waals surface area contributed by atoms with E-state index in [0.29, 0.717) is 28.9 Å². The van der Waals surface area contributed by atoms with E-state index < -0.39 is 0 Å². The largest absolute Gasteiger partial charge is 0.462 e. The molecule has 84 valence electrons. The minimum atomic E-state index is -0.379. The number of hydrogen-bond donors (Lipinski definition) is 0. The Hall–Kier alpha value is -1.53. The van der Waals surface area contributed by atoms with Crippen molar-refractivity contribution in [2.45, 2.75) is 19.7 Å². The Morgan fingerprint density at radius 1 is 1.56 bits per heavy atom. The molecule has 0 radical (unpaired) electrons. The Kier molecular flexibility index (Phi) is 4.33. The minimum Gasteiger partial charge on any atom is -0.462 e. The lowest BCUT2D eigenvalue weighted by Crippen LogP contribution is -2.08. The lowest BCUT2D eigenvalue weighted by Gasteiger charge is -2.10. The molecule has 0 N–H and O–H groups in total. The van der Waals surface area contributed by atoms with Crippen molar-refractivity contribution >= 4 is 17.6 Å². The Morgan fingerprint density at radius 3 is 2.75 bits per heavy atom. The predicted octanol–water partition coefficient (Wildman–Crippen LogP) is 2.78. The Morgan fingerprint density at radius 2 is 2.25 bits per heavy atom. The maximum atomic E-state index is 11.6. The number of rotatable bonds is 3. The van der Waals surface area contributed by atoms with Gasteiger partial charge in [0.1, 0.15) is 0 Å². The van der Waals surface area contributed by atoms with Crippen molar-refractivity contribution in [1.29, 1.82) is 5.26 Å². The Labute approximate surface area is 99.6 Å². The smallest absolute Gasteiger partial charge is 0.338 e. The normalized spacial score (nSPS) is 9.62. The fourth-order valence-electron chi connectivity index (χ4n) is 1.46. The van der Waals surface area contributed by atoms with Crippen LogP contribution in [0.25, 0.3) is 0 Å². The summed E-state index contributed by atoms with van der Waals surface area (Å²) < 4.78 is 4.92. The molecule has 0 aliphatic carbocycles. The molecule has 3 nitrogen and oxygen atoms in total. The van der Waals surface area contributed by atoms with Crippen LogP contribution in [0.1, 0.15) is 34.0 Å². The molecule has 0 heterocycles. The molecule has 0 bridgehead atoms. The van der Waals surface area contributed by atoms with Gasteiger partial charge in [0, 0.05) is 5.88 Å². The number of carbonyl (C=O) groups excluding carboxylic acids is 1. The molecule has 0 spiro atoms. The average Bonchev–Trinajstić information content (AvgIpc) is 2.28. The highest BCUT2D eigenvalue weighted by atomic mass is 35.5. The van der Waals surface area contributed by atoms with E-state index in [1.807, 2.05) is 6.07 Å². The summed E-state index contributed by atoms with van der Waals surface area (Å²) in [6.07, 6.45) is 0. The van der Waals surface area contributed by atoms with Crippen LogP contribution in [0.2, 0.25) is 0 Å². The summed E-state index contributed by atoms with van der Waals surface area (Å²) in [7, 11) is 0. The lowest BCUT2D eigenvalue weighted by molar-refractivity contribution is 0.0525. The van der Waals surface area contributed by atoms with Gasteiger partial charge in [-0.25, -0.2) is 4.79 Å². The highest BCUT2D eigenvalue weighted by molar-refractivity contribution is 6.17. The molecule has 1 aromatic carbocycles. The third-order valence-electron chi connectivity index (χ3n) is 2.35. The van der Waals surface area contributed by atoms with Crippen LogP contribution in [0, 0.1) is 18.3 Å². The van der Waals surface area contributed by atoms with Gasteiger partial charge in [0.25, 0.3) is 0 Å². The fourth-order valence-corrected chi connectivity index (χ4v) is 1.81. The predicted molar refractivity (Wildman–Crippen MR) is 61.4 cm³/mol. The van der Waals surface area contributed by atoms with Crippen LogP contribution in [0.4, 0.5) is 0 Å². The van der Waals surface area contributed by atoms with Crippen LogP contribution in [0.3, 0.4) is 0 Å². The molecule has 0 saturated heterocycles. The van der Waals surface area contributed by atoms with Crippen LogP contribution in [-0.4, -0.2) is 12.6 Å². The van der Waals surface area contributed by atoms with Crippen LogP contribution in [-0.2, 0) is 10.6 Å². The number of benzene rings is 1. The summed E-state index contributed by atoms with van der Waals surface area (Å²) in [5.74, 6) is -0.169. The number of halogens is 1. The highest BCUT2D eigenvalue weighted by Crippen LogP contribution is 2.20. The third-order valence-corrected chi connectivity index (χ3v) is 2.62. The molecule has 1 rings (SSSR count). The minimum absolute atomic E-state index is 0.210. The van der Waals surface area contributed by atoms with Gasteiger partial charge in [0.2, 0.25) is 0 Å². The van der Waals surface area contributed by atoms with E-state index >= 15 is 0 Å². The van der Waals surface area contributed by atoms with Gasteiger partial charge in [-0.2, -0.15) is 5.26 Å². The van der Waals surface area contributed by atoms with Gasteiger partial charge in [-0.05, 0) is 37.1 Å². The van der Waals surface area contributed by atoms with E-state index in [2.05, 4.69) is 0 Å². The van der Waals surface area contributed by atoms with E-state index in [1.165, 1.54) is 0 Å². The number of nitrogens with zero attached hydrogens (tertiary/aromatic N) is 1. The van der Waals surface area contributed by atoms with Crippen molar-refractivity contribution < 1.29 is 9.53 Å². The summed E-state index contributed by atoms with van der Waals surface area (Å²) in [6.45, 7) is 3.85. The molecule has 0 unspecified atom stereocenters. The number of carbonyl (C=O) groups is 1. The van der Waals surface area contributed by atoms with E-state index in [1.54, 1.807) is 26.0 Å². The van der Waals surface area contributed by atoms with Crippen molar-refractivity contribution in [3.05, 3.63) is 34.4 Å². The molecule has 0 saturated carbocycles. The van der Waals surface area contributed by atoms with Gasteiger partial charge < -0.3 is 4.74 Å². The molecule has 16 heavy (non-hydrogen) atoms. The van der Waals surface area contributed by atoms with Crippen LogP contribution in [0.5, 0.6) is 0 Å². The maximum absolute atomic E-state index is 11.6. The number of ether oxygens (including phenoxy) is 1. The first-order valence-electron chi connectivity index (χ1n) is 4.91. The molecule has 0 aromatic heterocycles. The number of esters is 1. The topological polar surface area (TPSA) is 50.1 Å². The Bertz CT molecular complexity index is 449. The van der Waals surface area contributed by atoms with E-state index in [0.717, 1.165) is 0 Å². The number of nitriles is 1. The van der Waals surface area contributed by atoms with Gasteiger partial charge in [-0.3, -0.25) is 0 Å². The number of alkyl halides is 1. The molecule has 0 fully saturated rings. The van der Waals surface area contributed by atoms with E-state index in [-0.39, 0.29) is 11.8 Å². The quantitative estimate of drug-likeness (QED) is 0.600. The summed E-state index contributed by atoms with van der Waals surface area (Å²) in [6, 6.07) is 5.24. The van der Waals surface area contributed by atoms with Gasteiger partial charge in [-0.15, -0.1) is 11.6 Å². The van der Waals surface area contributed by atoms with E-state index in [4.69, 9.17) is 21.6 Å². The zero-order chi connectivity index (χ0) is 12.1. The number of hydrogen-bond acceptors (Lipinski definition) is 3. The zero-order valence-electron chi connectivity index (χ0n) is 9.21.